The zero-order valence-corrected chi connectivity index (χ0v) is 14.9. The molecule has 3 aromatic rings. The van der Waals surface area contributed by atoms with Crippen LogP contribution in [0, 0.1) is 0 Å². The molecule has 0 radical (unpaired) electrons. The number of fused-ring (bicyclic) bond motifs is 2. The summed E-state index contributed by atoms with van der Waals surface area (Å²) in [6.45, 7) is 1.41. The van der Waals surface area contributed by atoms with Crippen LogP contribution in [0.2, 0.25) is 0 Å². The van der Waals surface area contributed by atoms with Gasteiger partial charge in [-0.2, -0.15) is 10.2 Å². The van der Waals surface area contributed by atoms with Gasteiger partial charge in [-0.1, -0.05) is 18.2 Å². The second-order valence-electron chi connectivity index (χ2n) is 6.44. The Kier molecular flexibility index (Phi) is 4.59. The molecule has 2 aromatic heterocycles. The van der Waals surface area contributed by atoms with E-state index in [1.807, 2.05) is 24.3 Å². The van der Waals surface area contributed by atoms with Crippen LogP contribution >= 0.6 is 0 Å². The van der Waals surface area contributed by atoms with Crippen LogP contribution in [-0.2, 0) is 17.7 Å². The summed E-state index contributed by atoms with van der Waals surface area (Å²) in [4.78, 5) is 24.6. The summed E-state index contributed by atoms with van der Waals surface area (Å²) < 4.78 is 6.67. The molecule has 9 heteroatoms. The summed E-state index contributed by atoms with van der Waals surface area (Å²) in [5, 5.41) is 17.9. The van der Waals surface area contributed by atoms with Crippen LogP contribution in [0.25, 0.3) is 10.9 Å². The average molecular weight is 368 g/mol. The first-order chi connectivity index (χ1) is 13.2. The number of para-hydroxylation sites is 1. The highest BCUT2D eigenvalue weighted by Gasteiger charge is 2.27. The molecule has 0 saturated heterocycles. The highest BCUT2D eigenvalue weighted by atomic mass is 16.5. The van der Waals surface area contributed by atoms with Crippen LogP contribution in [0.15, 0.2) is 30.3 Å². The maximum atomic E-state index is 12.6. The summed E-state index contributed by atoms with van der Waals surface area (Å²) in [5.41, 5.74) is 2.51. The van der Waals surface area contributed by atoms with Gasteiger partial charge in [0, 0.05) is 31.2 Å². The van der Waals surface area contributed by atoms with Crippen molar-refractivity contribution < 1.29 is 14.3 Å². The standard InChI is InChI=1S/C18H20N6O3/c1-27-7-6-19-17(25)15-9-12-8-11(10-24(12)23-15)20-18(26)16-13-4-2-3-5-14(13)21-22-16/h2-5,9,11H,6-8,10H2,1H3,(H,19,25)(H,20,26)(H,21,22). The van der Waals surface area contributed by atoms with E-state index in [9.17, 15) is 9.59 Å². The van der Waals surface area contributed by atoms with Crippen LogP contribution in [-0.4, -0.2) is 58.1 Å². The van der Waals surface area contributed by atoms with Gasteiger partial charge in [0.05, 0.1) is 24.7 Å². The van der Waals surface area contributed by atoms with Gasteiger partial charge < -0.3 is 15.4 Å². The number of hydrogen-bond acceptors (Lipinski definition) is 5. The number of carbonyl (C=O) groups is 2. The zero-order valence-electron chi connectivity index (χ0n) is 14.9. The Morgan fingerprint density at radius 1 is 1.33 bits per heavy atom. The fourth-order valence-corrected chi connectivity index (χ4v) is 3.26. The molecule has 4 rings (SSSR count). The zero-order chi connectivity index (χ0) is 18.8. The number of ether oxygens (including phenoxy) is 1. The molecule has 0 saturated carbocycles. The highest BCUT2D eigenvalue weighted by Crippen LogP contribution is 2.18. The summed E-state index contributed by atoms with van der Waals surface area (Å²) in [6, 6.07) is 9.19. The average Bonchev–Trinajstić information content (AvgIpc) is 3.34. The van der Waals surface area contributed by atoms with Gasteiger partial charge in [0.1, 0.15) is 5.69 Å². The fraction of sp³-hybridized carbons (Fsp3) is 0.333. The Morgan fingerprint density at radius 3 is 3.00 bits per heavy atom. The van der Waals surface area contributed by atoms with Crippen LogP contribution in [0.3, 0.4) is 0 Å². The Bertz CT molecular complexity index is 969. The Balaban J connectivity index is 1.38. The number of amides is 2. The molecule has 0 aliphatic carbocycles. The van der Waals surface area contributed by atoms with Gasteiger partial charge in [0.15, 0.2) is 5.69 Å². The molecule has 1 atom stereocenters. The van der Waals surface area contributed by atoms with Crippen LogP contribution in [0.1, 0.15) is 26.7 Å². The number of rotatable bonds is 6. The molecule has 0 spiro atoms. The van der Waals surface area contributed by atoms with E-state index in [-0.39, 0.29) is 17.9 Å². The van der Waals surface area contributed by atoms with E-state index in [1.165, 1.54) is 0 Å². The van der Waals surface area contributed by atoms with Crippen molar-refractivity contribution in [3.05, 3.63) is 47.4 Å². The fourth-order valence-electron chi connectivity index (χ4n) is 3.26. The first-order valence-corrected chi connectivity index (χ1v) is 8.73. The first-order valence-electron chi connectivity index (χ1n) is 8.73. The highest BCUT2D eigenvalue weighted by molar-refractivity contribution is 6.04. The minimum Gasteiger partial charge on any atom is -0.383 e. The molecule has 0 fully saturated rings. The molecule has 1 unspecified atom stereocenters. The third-order valence-corrected chi connectivity index (χ3v) is 4.56. The van der Waals surface area contributed by atoms with Gasteiger partial charge in [-0.3, -0.25) is 19.4 Å². The van der Waals surface area contributed by atoms with Crippen molar-refractivity contribution in [2.75, 3.05) is 20.3 Å². The van der Waals surface area contributed by atoms with E-state index < -0.39 is 0 Å². The van der Waals surface area contributed by atoms with Crippen molar-refractivity contribution in [1.29, 1.82) is 0 Å². The summed E-state index contributed by atoms with van der Waals surface area (Å²) in [6.07, 6.45) is 0.618. The number of benzene rings is 1. The minimum atomic E-state index is -0.225. The molecular formula is C18H20N6O3. The van der Waals surface area contributed by atoms with Gasteiger partial charge in [0.2, 0.25) is 0 Å². The van der Waals surface area contributed by atoms with Gasteiger partial charge in [-0.05, 0) is 12.1 Å². The Morgan fingerprint density at radius 2 is 2.19 bits per heavy atom. The smallest absolute Gasteiger partial charge is 0.272 e. The van der Waals surface area contributed by atoms with E-state index in [2.05, 4.69) is 25.9 Å². The number of carbonyl (C=O) groups excluding carboxylic acids is 2. The van der Waals surface area contributed by atoms with Crippen molar-refractivity contribution in [1.82, 2.24) is 30.6 Å². The molecule has 0 bridgehead atoms. The summed E-state index contributed by atoms with van der Waals surface area (Å²) in [7, 11) is 1.58. The SMILES string of the molecule is COCCNC(=O)c1cc2n(n1)CC(NC(=O)c1n[nH]c3ccccc13)C2. The molecule has 1 aliphatic heterocycles. The number of hydrogen-bond donors (Lipinski definition) is 3. The maximum Gasteiger partial charge on any atom is 0.272 e. The maximum absolute atomic E-state index is 12.6. The van der Waals surface area contributed by atoms with E-state index in [0.717, 1.165) is 16.6 Å². The molecule has 2 amide bonds. The predicted molar refractivity (Wildman–Crippen MR) is 97.5 cm³/mol. The van der Waals surface area contributed by atoms with Crippen molar-refractivity contribution in [2.45, 2.75) is 19.0 Å². The van der Waals surface area contributed by atoms with E-state index in [1.54, 1.807) is 17.9 Å². The first kappa shape index (κ1) is 17.2. The normalized spacial score (nSPS) is 15.7. The van der Waals surface area contributed by atoms with E-state index >= 15 is 0 Å². The number of aromatic amines is 1. The van der Waals surface area contributed by atoms with E-state index in [4.69, 9.17) is 4.74 Å². The molecule has 3 N–H and O–H groups in total. The lowest BCUT2D eigenvalue weighted by atomic mass is 10.1. The Labute approximate surface area is 155 Å². The van der Waals surface area contributed by atoms with Crippen molar-refractivity contribution >= 4 is 22.7 Å². The molecule has 3 heterocycles. The number of nitrogens with one attached hydrogen (secondary N) is 3. The quantitative estimate of drug-likeness (QED) is 0.548. The minimum absolute atomic E-state index is 0.0823. The lowest BCUT2D eigenvalue weighted by Crippen LogP contribution is -2.36. The van der Waals surface area contributed by atoms with Gasteiger partial charge in [0.25, 0.3) is 11.8 Å². The molecule has 9 nitrogen and oxygen atoms in total. The number of methoxy groups -OCH3 is 1. The topological polar surface area (TPSA) is 114 Å². The largest absolute Gasteiger partial charge is 0.383 e. The second-order valence-corrected chi connectivity index (χ2v) is 6.44. The lowest BCUT2D eigenvalue weighted by molar-refractivity contribution is 0.0919. The van der Waals surface area contributed by atoms with Gasteiger partial charge >= 0.3 is 0 Å². The number of nitrogens with zero attached hydrogens (tertiary/aromatic N) is 3. The van der Waals surface area contributed by atoms with Gasteiger partial charge in [-0.15, -0.1) is 0 Å². The van der Waals surface area contributed by atoms with Crippen LogP contribution in [0.5, 0.6) is 0 Å². The summed E-state index contributed by atoms with van der Waals surface area (Å²) in [5.74, 6) is -0.446. The third-order valence-electron chi connectivity index (χ3n) is 4.56. The van der Waals surface area contributed by atoms with E-state index in [0.29, 0.717) is 37.5 Å². The third kappa shape index (κ3) is 3.41. The van der Waals surface area contributed by atoms with Crippen molar-refractivity contribution in [3.8, 4) is 0 Å². The molecule has 1 aromatic carbocycles. The molecular weight excluding hydrogens is 348 g/mol. The van der Waals surface area contributed by atoms with Gasteiger partial charge in [-0.25, -0.2) is 0 Å². The van der Waals surface area contributed by atoms with Crippen LogP contribution in [0.4, 0.5) is 0 Å². The monoisotopic (exact) mass is 368 g/mol. The van der Waals surface area contributed by atoms with Crippen molar-refractivity contribution in [2.24, 2.45) is 0 Å². The molecule has 27 heavy (non-hydrogen) atoms. The Hall–Kier alpha value is -3.20. The second kappa shape index (κ2) is 7.20. The number of aromatic nitrogens is 4. The van der Waals surface area contributed by atoms with Crippen molar-refractivity contribution in [3.63, 3.8) is 0 Å². The number of H-pyrrole nitrogens is 1. The summed E-state index contributed by atoms with van der Waals surface area (Å²) >= 11 is 0. The molecule has 1 aliphatic rings. The van der Waals surface area contributed by atoms with Crippen LogP contribution < -0.4 is 10.6 Å². The lowest BCUT2D eigenvalue weighted by Gasteiger charge is -2.10. The molecule has 140 valence electrons. The predicted octanol–water partition coefficient (Wildman–Crippen LogP) is 0.490.